The van der Waals surface area contributed by atoms with Gasteiger partial charge >= 0.3 is 0 Å². The van der Waals surface area contributed by atoms with E-state index in [0.717, 1.165) is 17.5 Å². The zero-order chi connectivity index (χ0) is 13.1. The molecule has 0 aliphatic heterocycles. The van der Waals surface area contributed by atoms with Gasteiger partial charge in [0.1, 0.15) is 11.9 Å². The van der Waals surface area contributed by atoms with Crippen LogP contribution in [0.5, 0.6) is 0 Å². The molecule has 3 N–H and O–H groups in total. The van der Waals surface area contributed by atoms with Crippen LogP contribution in [0, 0.1) is 0 Å². The fraction of sp³-hybridized carbons (Fsp3) is 0.231. The van der Waals surface area contributed by atoms with E-state index in [9.17, 15) is 5.11 Å². The second-order valence-electron chi connectivity index (χ2n) is 3.96. The van der Waals surface area contributed by atoms with Crippen molar-refractivity contribution in [3.63, 3.8) is 0 Å². The van der Waals surface area contributed by atoms with Crippen molar-refractivity contribution >= 4 is 17.4 Å². The molecule has 1 atom stereocenters. The predicted octanol–water partition coefficient (Wildman–Crippen LogP) is 2.36. The minimum absolute atomic E-state index is 0.283. The number of anilines is 1. The SMILES string of the molecule is CCc1cnccc1C(O)c1cc(Cl)cnc1N. The van der Waals surface area contributed by atoms with E-state index in [-0.39, 0.29) is 5.82 Å². The van der Waals surface area contributed by atoms with E-state index in [1.165, 1.54) is 6.20 Å². The van der Waals surface area contributed by atoms with Crippen LogP contribution in [0.15, 0.2) is 30.7 Å². The Balaban J connectivity index is 2.47. The quantitative estimate of drug-likeness (QED) is 0.892. The van der Waals surface area contributed by atoms with E-state index in [2.05, 4.69) is 9.97 Å². The van der Waals surface area contributed by atoms with Gasteiger partial charge in [0.05, 0.1) is 5.02 Å². The second kappa shape index (κ2) is 5.33. The number of aliphatic hydroxyl groups is 1. The molecule has 0 aromatic carbocycles. The third-order valence-electron chi connectivity index (χ3n) is 2.83. The number of aromatic nitrogens is 2. The number of hydrogen-bond acceptors (Lipinski definition) is 4. The minimum atomic E-state index is -0.839. The Bertz CT molecular complexity index is 560. The monoisotopic (exact) mass is 263 g/mol. The van der Waals surface area contributed by atoms with Crippen molar-refractivity contribution < 1.29 is 5.11 Å². The molecule has 0 aliphatic carbocycles. The molecule has 2 aromatic heterocycles. The van der Waals surface area contributed by atoms with Gasteiger partial charge in [-0.1, -0.05) is 18.5 Å². The van der Waals surface area contributed by atoms with Gasteiger partial charge in [-0.25, -0.2) is 4.98 Å². The van der Waals surface area contributed by atoms with Gasteiger partial charge in [0.2, 0.25) is 0 Å². The predicted molar refractivity (Wildman–Crippen MR) is 71.3 cm³/mol. The summed E-state index contributed by atoms with van der Waals surface area (Å²) in [6.45, 7) is 2.01. The lowest BCUT2D eigenvalue weighted by molar-refractivity contribution is 0.219. The van der Waals surface area contributed by atoms with Crippen LogP contribution in [0.4, 0.5) is 5.82 Å². The number of pyridine rings is 2. The smallest absolute Gasteiger partial charge is 0.129 e. The first-order chi connectivity index (χ1) is 8.63. The molecule has 2 aromatic rings. The largest absolute Gasteiger partial charge is 0.384 e. The number of nitrogen functional groups attached to an aromatic ring is 1. The number of nitrogens with zero attached hydrogens (tertiary/aromatic N) is 2. The number of hydrogen-bond donors (Lipinski definition) is 2. The lowest BCUT2D eigenvalue weighted by Gasteiger charge is -2.16. The Hall–Kier alpha value is -1.65. The van der Waals surface area contributed by atoms with Crippen LogP contribution < -0.4 is 5.73 Å². The highest BCUT2D eigenvalue weighted by Crippen LogP contribution is 2.29. The molecule has 0 spiro atoms. The molecule has 0 saturated carbocycles. The van der Waals surface area contributed by atoms with Crippen LogP contribution in [-0.2, 0) is 6.42 Å². The van der Waals surface area contributed by atoms with Gasteiger partial charge in [0, 0.05) is 24.2 Å². The maximum Gasteiger partial charge on any atom is 0.129 e. The molecule has 5 heteroatoms. The number of aryl methyl sites for hydroxylation is 1. The van der Waals surface area contributed by atoms with Gasteiger partial charge < -0.3 is 10.8 Å². The summed E-state index contributed by atoms with van der Waals surface area (Å²) < 4.78 is 0. The summed E-state index contributed by atoms with van der Waals surface area (Å²) in [5.41, 5.74) is 8.05. The molecule has 94 valence electrons. The first-order valence-corrected chi connectivity index (χ1v) is 6.03. The van der Waals surface area contributed by atoms with Gasteiger partial charge in [-0.2, -0.15) is 0 Å². The third kappa shape index (κ3) is 2.44. The Morgan fingerprint density at radius 3 is 2.89 bits per heavy atom. The molecule has 0 radical (unpaired) electrons. The summed E-state index contributed by atoms with van der Waals surface area (Å²) >= 11 is 5.88. The van der Waals surface area contributed by atoms with Crippen molar-refractivity contribution in [2.24, 2.45) is 0 Å². The van der Waals surface area contributed by atoms with E-state index < -0.39 is 6.10 Å². The van der Waals surface area contributed by atoms with Crippen LogP contribution in [-0.4, -0.2) is 15.1 Å². The van der Waals surface area contributed by atoms with E-state index in [4.69, 9.17) is 17.3 Å². The first-order valence-electron chi connectivity index (χ1n) is 5.65. The molecule has 4 nitrogen and oxygen atoms in total. The normalized spacial score (nSPS) is 12.4. The van der Waals surface area contributed by atoms with Crippen LogP contribution in [0.25, 0.3) is 0 Å². The third-order valence-corrected chi connectivity index (χ3v) is 3.03. The van der Waals surface area contributed by atoms with Gasteiger partial charge in [-0.15, -0.1) is 0 Å². The molecule has 2 rings (SSSR count). The number of aliphatic hydroxyl groups excluding tert-OH is 1. The van der Waals surface area contributed by atoms with Crippen LogP contribution >= 0.6 is 11.6 Å². The summed E-state index contributed by atoms with van der Waals surface area (Å²) in [7, 11) is 0. The fourth-order valence-electron chi connectivity index (χ4n) is 1.85. The molecule has 18 heavy (non-hydrogen) atoms. The van der Waals surface area contributed by atoms with Gasteiger partial charge in [0.15, 0.2) is 0 Å². The zero-order valence-corrected chi connectivity index (χ0v) is 10.7. The Morgan fingerprint density at radius 2 is 2.17 bits per heavy atom. The van der Waals surface area contributed by atoms with Crippen molar-refractivity contribution in [2.45, 2.75) is 19.4 Å². The molecule has 1 unspecified atom stereocenters. The maximum atomic E-state index is 10.4. The standard InChI is InChI=1S/C13H14ClN3O/c1-2-8-6-16-4-3-10(8)12(18)11-5-9(14)7-17-13(11)15/h3-7,12,18H,2H2,1H3,(H2,15,17). The molecular weight excluding hydrogens is 250 g/mol. The van der Waals surface area contributed by atoms with Gasteiger partial charge in [0.25, 0.3) is 0 Å². The minimum Gasteiger partial charge on any atom is -0.384 e. The molecular formula is C13H14ClN3O. The first kappa shape index (κ1) is 12.8. The van der Waals surface area contributed by atoms with E-state index in [0.29, 0.717) is 10.6 Å². The van der Waals surface area contributed by atoms with E-state index in [1.54, 1.807) is 24.5 Å². The van der Waals surface area contributed by atoms with Crippen LogP contribution in [0.2, 0.25) is 5.02 Å². The molecule has 0 aliphatic rings. The van der Waals surface area contributed by atoms with E-state index >= 15 is 0 Å². The van der Waals surface area contributed by atoms with Crippen molar-refractivity contribution in [2.75, 3.05) is 5.73 Å². The van der Waals surface area contributed by atoms with Gasteiger partial charge in [-0.3, -0.25) is 4.98 Å². The highest BCUT2D eigenvalue weighted by molar-refractivity contribution is 6.30. The topological polar surface area (TPSA) is 72.0 Å². The van der Waals surface area contributed by atoms with Crippen LogP contribution in [0.3, 0.4) is 0 Å². The highest BCUT2D eigenvalue weighted by Gasteiger charge is 2.17. The van der Waals surface area contributed by atoms with Crippen molar-refractivity contribution in [1.29, 1.82) is 0 Å². The Labute approximate surface area is 110 Å². The molecule has 0 fully saturated rings. The fourth-order valence-corrected chi connectivity index (χ4v) is 2.02. The Kier molecular flexibility index (Phi) is 3.79. The number of nitrogens with two attached hydrogens (primary N) is 1. The van der Waals surface area contributed by atoms with E-state index in [1.807, 2.05) is 6.92 Å². The number of rotatable bonds is 3. The lowest BCUT2D eigenvalue weighted by Crippen LogP contribution is -2.08. The lowest BCUT2D eigenvalue weighted by atomic mass is 9.98. The van der Waals surface area contributed by atoms with Crippen molar-refractivity contribution in [3.05, 3.63) is 52.4 Å². The summed E-state index contributed by atoms with van der Waals surface area (Å²) in [4.78, 5) is 8.00. The average Bonchev–Trinajstić information content (AvgIpc) is 2.40. The second-order valence-corrected chi connectivity index (χ2v) is 4.40. The van der Waals surface area contributed by atoms with Gasteiger partial charge in [-0.05, 0) is 29.7 Å². The summed E-state index contributed by atoms with van der Waals surface area (Å²) in [6, 6.07) is 3.41. The summed E-state index contributed by atoms with van der Waals surface area (Å²) in [5.74, 6) is 0.283. The van der Waals surface area contributed by atoms with Crippen LogP contribution in [0.1, 0.15) is 29.7 Å². The highest BCUT2D eigenvalue weighted by atomic mass is 35.5. The molecule has 0 saturated heterocycles. The number of halogens is 1. The van der Waals surface area contributed by atoms with Crippen molar-refractivity contribution in [3.8, 4) is 0 Å². The summed E-state index contributed by atoms with van der Waals surface area (Å²) in [5, 5.41) is 10.9. The Morgan fingerprint density at radius 1 is 1.39 bits per heavy atom. The zero-order valence-electron chi connectivity index (χ0n) is 9.97. The van der Waals surface area contributed by atoms with Crippen molar-refractivity contribution in [1.82, 2.24) is 9.97 Å². The maximum absolute atomic E-state index is 10.4. The average molecular weight is 264 g/mol. The molecule has 2 heterocycles. The molecule has 0 amide bonds. The molecule has 0 bridgehead atoms. The summed E-state index contributed by atoms with van der Waals surface area (Å²) in [6.07, 6.45) is 4.79.